The third-order valence-corrected chi connectivity index (χ3v) is 4.56. The lowest BCUT2D eigenvalue weighted by Crippen LogP contribution is -2.29. The van der Waals surface area contributed by atoms with E-state index in [1.165, 1.54) is 12.1 Å². The van der Waals surface area contributed by atoms with Gasteiger partial charge in [0.05, 0.1) is 10.8 Å². The second-order valence-corrected chi connectivity index (χ2v) is 6.28. The Morgan fingerprint density at radius 2 is 2.16 bits per heavy atom. The van der Waals surface area contributed by atoms with Crippen molar-refractivity contribution in [2.75, 3.05) is 12.3 Å². The minimum absolute atomic E-state index is 0.318. The molecule has 0 bridgehead atoms. The molecule has 1 aromatic rings. The van der Waals surface area contributed by atoms with E-state index in [2.05, 4.69) is 19.2 Å². The minimum Gasteiger partial charge on any atom is -0.314 e. The second kappa shape index (κ2) is 9.21. The van der Waals surface area contributed by atoms with Gasteiger partial charge in [-0.15, -0.1) is 0 Å². The Morgan fingerprint density at radius 1 is 1.37 bits per heavy atom. The maximum Gasteiger partial charge on any atom is 0.124 e. The highest BCUT2D eigenvalue weighted by atomic mass is 32.2. The van der Waals surface area contributed by atoms with Crippen LogP contribution >= 0.6 is 0 Å². The molecule has 1 N–H and O–H groups in total. The van der Waals surface area contributed by atoms with Crippen LogP contribution in [0, 0.1) is 5.82 Å². The smallest absolute Gasteiger partial charge is 0.124 e. The van der Waals surface area contributed by atoms with Gasteiger partial charge >= 0.3 is 0 Å². The molecule has 0 aliphatic rings. The van der Waals surface area contributed by atoms with Crippen molar-refractivity contribution in [2.45, 2.75) is 50.5 Å². The highest BCUT2D eigenvalue weighted by molar-refractivity contribution is 7.85. The van der Waals surface area contributed by atoms with E-state index in [9.17, 15) is 8.60 Å². The number of halogens is 1. The van der Waals surface area contributed by atoms with Gasteiger partial charge in [-0.05, 0) is 50.4 Å². The lowest BCUT2D eigenvalue weighted by atomic mass is 10.1. The van der Waals surface area contributed by atoms with Crippen molar-refractivity contribution in [3.63, 3.8) is 0 Å². The van der Waals surface area contributed by atoms with Crippen LogP contribution in [0.2, 0.25) is 0 Å². The molecule has 2 nitrogen and oxygen atoms in total. The first kappa shape index (κ1) is 16.3. The number of hydrogen-bond donors (Lipinski definition) is 1. The normalized spacial score (nSPS) is 14.3. The Hall–Kier alpha value is -0.740. The van der Waals surface area contributed by atoms with Crippen LogP contribution in [0.15, 0.2) is 29.2 Å². The van der Waals surface area contributed by atoms with Crippen LogP contribution in [-0.2, 0) is 10.8 Å². The monoisotopic (exact) mass is 285 g/mol. The molecule has 0 fully saturated rings. The first-order valence-electron chi connectivity index (χ1n) is 7.04. The fourth-order valence-corrected chi connectivity index (χ4v) is 3.13. The Bertz CT molecular complexity index is 397. The average Bonchev–Trinajstić information content (AvgIpc) is 2.42. The van der Waals surface area contributed by atoms with E-state index in [0.717, 1.165) is 32.2 Å². The molecule has 0 radical (unpaired) electrons. The Kier molecular flexibility index (Phi) is 7.91. The molecule has 1 rings (SSSR count). The van der Waals surface area contributed by atoms with E-state index in [1.807, 2.05) is 0 Å². The summed E-state index contributed by atoms with van der Waals surface area (Å²) in [7, 11) is -1.09. The molecule has 0 saturated heterocycles. The summed E-state index contributed by atoms with van der Waals surface area (Å²) in [5.74, 6) is 0.287. The fraction of sp³-hybridized carbons (Fsp3) is 0.600. The predicted octanol–water partition coefficient (Wildman–Crippen LogP) is 3.49. The average molecular weight is 285 g/mol. The number of benzene rings is 1. The molecule has 0 aliphatic heterocycles. The summed E-state index contributed by atoms with van der Waals surface area (Å²) in [5.41, 5.74) is 0. The first-order chi connectivity index (χ1) is 9.17. The summed E-state index contributed by atoms with van der Waals surface area (Å²) in [6.07, 6.45) is 4.15. The number of hydrogen-bond acceptors (Lipinski definition) is 2. The molecule has 108 valence electrons. The summed E-state index contributed by atoms with van der Waals surface area (Å²) in [5, 5.41) is 3.48. The lowest BCUT2D eigenvalue weighted by molar-refractivity contribution is 0.464. The molecule has 0 heterocycles. The topological polar surface area (TPSA) is 29.1 Å². The van der Waals surface area contributed by atoms with Crippen LogP contribution in [0.5, 0.6) is 0 Å². The van der Waals surface area contributed by atoms with Gasteiger partial charge in [0.1, 0.15) is 5.82 Å². The van der Waals surface area contributed by atoms with Crippen LogP contribution in [0.1, 0.15) is 39.5 Å². The molecule has 0 aliphatic carbocycles. The predicted molar refractivity (Wildman–Crippen MR) is 79.3 cm³/mol. The van der Waals surface area contributed by atoms with Crippen molar-refractivity contribution in [1.29, 1.82) is 0 Å². The Morgan fingerprint density at radius 3 is 2.79 bits per heavy atom. The van der Waals surface area contributed by atoms with E-state index in [1.54, 1.807) is 12.1 Å². The first-order valence-corrected chi connectivity index (χ1v) is 8.36. The zero-order valence-electron chi connectivity index (χ0n) is 11.8. The zero-order chi connectivity index (χ0) is 14.1. The van der Waals surface area contributed by atoms with E-state index in [-0.39, 0.29) is 5.82 Å². The van der Waals surface area contributed by atoms with E-state index in [4.69, 9.17) is 0 Å². The Labute approximate surface area is 118 Å². The lowest BCUT2D eigenvalue weighted by Gasteiger charge is -2.16. The molecule has 0 aromatic heterocycles. The van der Waals surface area contributed by atoms with Crippen LogP contribution in [0.3, 0.4) is 0 Å². The third-order valence-electron chi connectivity index (χ3n) is 3.12. The van der Waals surface area contributed by atoms with Gasteiger partial charge in [0.2, 0.25) is 0 Å². The van der Waals surface area contributed by atoms with Gasteiger partial charge in [0.15, 0.2) is 0 Å². The summed E-state index contributed by atoms with van der Waals surface area (Å²) in [6.45, 7) is 5.35. The van der Waals surface area contributed by atoms with Crippen LogP contribution in [0.4, 0.5) is 4.39 Å². The van der Waals surface area contributed by atoms with Crippen LogP contribution < -0.4 is 5.32 Å². The van der Waals surface area contributed by atoms with E-state index < -0.39 is 10.8 Å². The summed E-state index contributed by atoms with van der Waals surface area (Å²) >= 11 is 0. The SMILES string of the molecule is CCCNC(CC)CCCS(=O)c1cccc(F)c1. The highest BCUT2D eigenvalue weighted by Gasteiger charge is 2.08. The summed E-state index contributed by atoms with van der Waals surface area (Å²) in [4.78, 5) is 0.592. The molecule has 4 heteroatoms. The van der Waals surface area contributed by atoms with Gasteiger partial charge in [0.25, 0.3) is 0 Å². The highest BCUT2D eigenvalue weighted by Crippen LogP contribution is 2.11. The van der Waals surface area contributed by atoms with Crippen molar-refractivity contribution in [1.82, 2.24) is 5.32 Å². The van der Waals surface area contributed by atoms with Gasteiger partial charge in [-0.25, -0.2) is 4.39 Å². The third kappa shape index (κ3) is 6.30. The molecule has 0 saturated carbocycles. The van der Waals surface area contributed by atoms with Crippen molar-refractivity contribution in [3.8, 4) is 0 Å². The molecule has 0 amide bonds. The second-order valence-electron chi connectivity index (χ2n) is 4.71. The van der Waals surface area contributed by atoms with Gasteiger partial charge in [-0.3, -0.25) is 4.21 Å². The minimum atomic E-state index is -1.09. The zero-order valence-corrected chi connectivity index (χ0v) is 12.6. The van der Waals surface area contributed by atoms with Crippen molar-refractivity contribution in [2.24, 2.45) is 0 Å². The molecule has 2 unspecified atom stereocenters. The molecule has 1 aromatic carbocycles. The maximum absolute atomic E-state index is 13.0. The van der Waals surface area contributed by atoms with Gasteiger partial charge in [-0.1, -0.05) is 19.9 Å². The van der Waals surface area contributed by atoms with E-state index >= 15 is 0 Å². The van der Waals surface area contributed by atoms with Crippen LogP contribution in [0.25, 0.3) is 0 Å². The fourth-order valence-electron chi connectivity index (χ4n) is 1.99. The summed E-state index contributed by atoms with van der Waals surface area (Å²) < 4.78 is 25.0. The number of rotatable bonds is 9. The van der Waals surface area contributed by atoms with E-state index in [0.29, 0.717) is 16.7 Å². The quantitative estimate of drug-likeness (QED) is 0.752. The number of nitrogens with one attached hydrogen (secondary N) is 1. The van der Waals surface area contributed by atoms with Crippen molar-refractivity contribution >= 4 is 10.8 Å². The largest absolute Gasteiger partial charge is 0.314 e. The Balaban J connectivity index is 2.34. The summed E-state index contributed by atoms with van der Waals surface area (Å²) in [6, 6.07) is 6.58. The standard InChI is InChI=1S/C15H24FNOS/c1-3-10-17-14(4-2)8-6-11-19(18)15-9-5-7-13(16)12-15/h5,7,9,12,14,17H,3-4,6,8,10-11H2,1-2H3. The van der Waals surface area contributed by atoms with Gasteiger partial charge in [0, 0.05) is 16.7 Å². The van der Waals surface area contributed by atoms with Crippen LogP contribution in [-0.4, -0.2) is 22.5 Å². The van der Waals surface area contributed by atoms with Gasteiger partial charge in [-0.2, -0.15) is 0 Å². The molecule has 0 spiro atoms. The molecular weight excluding hydrogens is 261 g/mol. The maximum atomic E-state index is 13.0. The molecular formula is C15H24FNOS. The molecule has 19 heavy (non-hydrogen) atoms. The molecule has 2 atom stereocenters. The van der Waals surface area contributed by atoms with Crippen molar-refractivity contribution < 1.29 is 8.60 Å². The van der Waals surface area contributed by atoms with Crippen molar-refractivity contribution in [3.05, 3.63) is 30.1 Å². The van der Waals surface area contributed by atoms with Gasteiger partial charge < -0.3 is 5.32 Å².